The molecule has 0 amide bonds. The van der Waals surface area contributed by atoms with Crippen LogP contribution < -0.4 is 0 Å². The molecule has 0 aliphatic carbocycles. The van der Waals surface area contributed by atoms with Crippen LogP contribution in [0.25, 0.3) is 0 Å². The summed E-state index contributed by atoms with van der Waals surface area (Å²) < 4.78 is 0. The van der Waals surface area contributed by atoms with E-state index in [1.807, 2.05) is 0 Å². The number of nitrogens with zero attached hydrogens (tertiary/aromatic N) is 4. The molecular weight excluding hydrogens is 338 g/mol. The molecule has 0 saturated heterocycles. The van der Waals surface area contributed by atoms with Crippen molar-refractivity contribution in [3.05, 3.63) is 0 Å². The zero-order chi connectivity index (χ0) is 20.3. The molecule has 144 valence electrons. The van der Waals surface area contributed by atoms with Crippen LogP contribution in [0.4, 0.5) is 0 Å². The van der Waals surface area contributed by atoms with E-state index in [0.717, 1.165) is 0 Å². The quantitative estimate of drug-likeness (QED) is 0.242. The molecule has 0 saturated carbocycles. The van der Waals surface area contributed by atoms with E-state index in [1.54, 1.807) is 6.16 Å². The standard InChI is InChI=1S/C16H36P.C4BN4/c1-5-9-10-11-12-13-14-15-16-17(6-2,7-3)8-4;6-1-5(2-7,3-8)4-9/h5-16H2,1-4H3;/q+1;-1. The van der Waals surface area contributed by atoms with Crippen molar-refractivity contribution in [2.75, 3.05) is 24.6 Å². The largest absolute Gasteiger partial charge is 0.383 e. The maximum absolute atomic E-state index is 8.09. The van der Waals surface area contributed by atoms with E-state index >= 15 is 0 Å². The Labute approximate surface area is 162 Å². The molecule has 0 atom stereocenters. The third-order valence-electron chi connectivity index (χ3n) is 5.27. The van der Waals surface area contributed by atoms with E-state index in [-0.39, 0.29) is 0 Å². The van der Waals surface area contributed by atoms with Crippen molar-refractivity contribution in [1.82, 2.24) is 0 Å². The highest BCUT2D eigenvalue weighted by Crippen LogP contribution is 2.58. The average Bonchev–Trinajstić information content (AvgIpc) is 2.70. The molecule has 4 nitrogen and oxygen atoms in total. The minimum atomic E-state index is -2.72. The fourth-order valence-corrected chi connectivity index (χ4v) is 6.08. The normalized spacial score (nSPS) is 10.5. The van der Waals surface area contributed by atoms with Crippen LogP contribution in [0.15, 0.2) is 0 Å². The van der Waals surface area contributed by atoms with Gasteiger partial charge in [0, 0.05) is 7.26 Å². The first-order valence-corrected chi connectivity index (χ1v) is 12.7. The molecule has 0 fully saturated rings. The van der Waals surface area contributed by atoms with Crippen molar-refractivity contribution >= 4 is 13.4 Å². The van der Waals surface area contributed by atoms with Crippen LogP contribution in [0.2, 0.25) is 0 Å². The molecule has 6 heteroatoms. The van der Waals surface area contributed by atoms with Crippen LogP contribution in [0.5, 0.6) is 0 Å². The number of hydrogen-bond acceptors (Lipinski definition) is 4. The van der Waals surface area contributed by atoms with E-state index in [0.29, 0.717) is 0 Å². The van der Waals surface area contributed by atoms with Gasteiger partial charge in [0.15, 0.2) is 0 Å². The monoisotopic (exact) mass is 374 g/mol. The second kappa shape index (κ2) is 16.9. The molecule has 0 aromatic carbocycles. The number of nitriles is 4. The summed E-state index contributed by atoms with van der Waals surface area (Å²) in [5.74, 6) is 5.38. The van der Waals surface area contributed by atoms with E-state index in [1.165, 1.54) is 93.7 Å². The summed E-state index contributed by atoms with van der Waals surface area (Å²) in [5.41, 5.74) is 0. The average molecular weight is 374 g/mol. The first-order chi connectivity index (χ1) is 12.5. The Kier molecular flexibility index (Phi) is 17.3. The van der Waals surface area contributed by atoms with Crippen molar-refractivity contribution in [2.45, 2.75) is 79.1 Å². The van der Waals surface area contributed by atoms with Gasteiger partial charge in [-0.1, -0.05) is 45.4 Å². The molecule has 26 heavy (non-hydrogen) atoms. The van der Waals surface area contributed by atoms with Gasteiger partial charge in [0.05, 0.1) is 24.6 Å². The molecule has 0 aliphatic heterocycles. The molecule has 0 N–H and O–H groups in total. The molecule has 0 aliphatic rings. The second-order valence-corrected chi connectivity index (χ2v) is 11.9. The van der Waals surface area contributed by atoms with E-state index < -0.39 is 13.4 Å². The van der Waals surface area contributed by atoms with Gasteiger partial charge >= 0.3 is 6.15 Å². The van der Waals surface area contributed by atoms with E-state index in [4.69, 9.17) is 21.0 Å². The van der Waals surface area contributed by atoms with Gasteiger partial charge < -0.3 is 0 Å². The van der Waals surface area contributed by atoms with Crippen molar-refractivity contribution in [3.63, 3.8) is 0 Å². The second-order valence-electron chi connectivity index (χ2n) is 6.87. The predicted octanol–water partition coefficient (Wildman–Crippen LogP) is 5.89. The summed E-state index contributed by atoms with van der Waals surface area (Å²) in [6.07, 6.45) is 15.0. The van der Waals surface area contributed by atoms with E-state index in [2.05, 4.69) is 27.7 Å². The Hall–Kier alpha value is -1.55. The fraction of sp³-hybridized carbons (Fsp3) is 0.800. The van der Waals surface area contributed by atoms with Crippen molar-refractivity contribution in [3.8, 4) is 23.9 Å². The van der Waals surface area contributed by atoms with Crippen LogP contribution in [0.1, 0.15) is 79.1 Å². The lowest BCUT2D eigenvalue weighted by molar-refractivity contribution is 0.585. The summed E-state index contributed by atoms with van der Waals surface area (Å²) in [5, 5.41) is 32.3. The molecule has 0 rings (SSSR count). The van der Waals surface area contributed by atoms with Gasteiger partial charge in [-0.2, -0.15) is 0 Å². The van der Waals surface area contributed by atoms with Gasteiger partial charge in [-0.05, 0) is 33.6 Å². The number of hydrogen-bond donors (Lipinski definition) is 0. The highest BCUT2D eigenvalue weighted by atomic mass is 31.2. The van der Waals surface area contributed by atoms with Crippen molar-refractivity contribution < 1.29 is 0 Å². The third-order valence-corrected chi connectivity index (χ3v) is 10.6. The fourth-order valence-electron chi connectivity index (χ4n) is 2.90. The lowest BCUT2D eigenvalue weighted by Crippen LogP contribution is -2.26. The van der Waals surface area contributed by atoms with Crippen molar-refractivity contribution in [2.24, 2.45) is 0 Å². The molecule has 0 spiro atoms. The zero-order valence-electron chi connectivity index (χ0n) is 17.3. The third kappa shape index (κ3) is 11.1. The number of rotatable bonds is 12. The Balaban J connectivity index is 0. The predicted molar refractivity (Wildman–Crippen MR) is 114 cm³/mol. The highest BCUT2D eigenvalue weighted by Gasteiger charge is 2.29. The molecular formula is C20H36BN4P. The smallest absolute Gasteiger partial charge is 0.245 e. The molecule has 0 bridgehead atoms. The first kappa shape index (κ1) is 26.7. The highest BCUT2D eigenvalue weighted by molar-refractivity contribution is 7.75. The summed E-state index contributed by atoms with van der Waals surface area (Å²) >= 11 is 0. The lowest BCUT2D eigenvalue weighted by atomic mass is 9.30. The van der Waals surface area contributed by atoms with E-state index in [9.17, 15) is 0 Å². The summed E-state index contributed by atoms with van der Waals surface area (Å²) in [7, 11) is -0.505. The SMILES string of the molecule is CCCCCCCCCC[P+](CC)(CC)CC.N#C[B-](C#N)(C#N)C#N. The molecule has 0 radical (unpaired) electrons. The Morgan fingerprint density at radius 3 is 1.19 bits per heavy atom. The Bertz CT molecular complexity index is 448. The van der Waals surface area contributed by atoms with Crippen LogP contribution in [-0.4, -0.2) is 30.8 Å². The van der Waals surface area contributed by atoms with Crippen LogP contribution in [-0.2, 0) is 0 Å². The summed E-state index contributed by atoms with van der Waals surface area (Å²) in [4.78, 5) is 0. The Morgan fingerprint density at radius 2 is 0.923 bits per heavy atom. The van der Waals surface area contributed by atoms with Crippen LogP contribution in [0, 0.1) is 44.9 Å². The first-order valence-electron chi connectivity index (χ1n) is 10.1. The minimum Gasteiger partial charge on any atom is -0.245 e. The lowest BCUT2D eigenvalue weighted by Gasteiger charge is -2.23. The minimum absolute atomic E-state index is 0.505. The maximum atomic E-state index is 8.09. The summed E-state index contributed by atoms with van der Waals surface area (Å²) in [6, 6.07) is 0. The van der Waals surface area contributed by atoms with Gasteiger partial charge in [0.2, 0.25) is 0 Å². The van der Waals surface area contributed by atoms with Gasteiger partial charge in [0.1, 0.15) is 0 Å². The Morgan fingerprint density at radius 1 is 0.577 bits per heavy atom. The molecule has 0 unspecified atom stereocenters. The zero-order valence-corrected chi connectivity index (χ0v) is 18.2. The van der Waals surface area contributed by atoms with Gasteiger partial charge in [-0.3, -0.25) is 0 Å². The number of unbranched alkanes of at least 4 members (excludes halogenated alkanes) is 7. The summed E-state index contributed by atoms with van der Waals surface area (Å²) in [6.45, 7) is 9.56. The van der Waals surface area contributed by atoms with Crippen LogP contribution >= 0.6 is 7.26 Å². The van der Waals surface area contributed by atoms with Crippen LogP contribution in [0.3, 0.4) is 0 Å². The molecule has 0 aromatic heterocycles. The molecule has 0 heterocycles. The maximum Gasteiger partial charge on any atom is 0.383 e. The topological polar surface area (TPSA) is 95.2 Å². The van der Waals surface area contributed by atoms with Crippen molar-refractivity contribution in [1.29, 1.82) is 21.0 Å². The van der Waals surface area contributed by atoms with Gasteiger partial charge in [-0.25, -0.2) is 21.0 Å². The van der Waals surface area contributed by atoms with Gasteiger partial charge in [-0.15, -0.1) is 23.9 Å². The van der Waals surface area contributed by atoms with Gasteiger partial charge in [0.25, 0.3) is 0 Å². The molecule has 0 aromatic rings.